The van der Waals surface area contributed by atoms with Crippen molar-refractivity contribution in [2.24, 2.45) is 0 Å². The largest absolute Gasteiger partial charge is 0.352 e. The number of hydrogen-bond donors (Lipinski definition) is 1. The molecular formula is C20H16F2N4S2. The summed E-state index contributed by atoms with van der Waals surface area (Å²) < 4.78 is 29.3. The quantitative estimate of drug-likeness (QED) is 0.408. The van der Waals surface area contributed by atoms with Gasteiger partial charge in [-0.1, -0.05) is 6.08 Å². The van der Waals surface area contributed by atoms with E-state index in [1.165, 1.54) is 28.7 Å². The monoisotopic (exact) mass is 414 g/mol. The Morgan fingerprint density at radius 2 is 2.11 bits per heavy atom. The number of pyridine rings is 1. The SMILES string of the molecule is CC1C(c2cc3c(Nc4cc5ncsc5cc4F)ccnc3s2)=CCCN1F. The first-order valence-electron chi connectivity index (χ1n) is 8.91. The van der Waals surface area contributed by atoms with E-state index in [2.05, 4.69) is 21.4 Å². The van der Waals surface area contributed by atoms with Crippen molar-refractivity contribution in [1.82, 2.24) is 15.1 Å². The van der Waals surface area contributed by atoms with Crippen LogP contribution in [0.2, 0.25) is 0 Å². The Morgan fingerprint density at radius 1 is 1.21 bits per heavy atom. The van der Waals surface area contributed by atoms with Crippen molar-refractivity contribution in [2.75, 3.05) is 11.9 Å². The molecule has 0 bridgehead atoms. The van der Waals surface area contributed by atoms with Gasteiger partial charge >= 0.3 is 0 Å². The van der Waals surface area contributed by atoms with Gasteiger partial charge in [-0.15, -0.1) is 32.3 Å². The lowest BCUT2D eigenvalue weighted by molar-refractivity contribution is 0.00454. The number of anilines is 2. The molecule has 4 heterocycles. The number of thiophene rings is 1. The summed E-state index contributed by atoms with van der Waals surface area (Å²) in [5, 5.41) is 4.94. The number of rotatable bonds is 3. The van der Waals surface area contributed by atoms with Gasteiger partial charge in [0.2, 0.25) is 0 Å². The Labute approximate surface area is 168 Å². The van der Waals surface area contributed by atoms with Gasteiger partial charge in [-0.25, -0.2) is 14.4 Å². The fourth-order valence-electron chi connectivity index (χ4n) is 3.48. The van der Waals surface area contributed by atoms with Crippen LogP contribution in [0, 0.1) is 5.82 Å². The predicted octanol–water partition coefficient (Wildman–Crippen LogP) is 6.15. The van der Waals surface area contributed by atoms with Gasteiger partial charge in [-0.05, 0) is 43.2 Å². The molecule has 4 aromatic rings. The van der Waals surface area contributed by atoms with Crippen molar-refractivity contribution in [3.05, 3.63) is 52.7 Å². The molecule has 4 nitrogen and oxygen atoms in total. The predicted molar refractivity (Wildman–Crippen MR) is 112 cm³/mol. The van der Waals surface area contributed by atoms with E-state index in [0.29, 0.717) is 18.7 Å². The number of nitrogens with zero attached hydrogens (tertiary/aromatic N) is 3. The van der Waals surface area contributed by atoms with Crippen molar-refractivity contribution in [3.8, 4) is 0 Å². The molecule has 1 atom stereocenters. The third-order valence-electron chi connectivity index (χ3n) is 4.99. The maximum absolute atomic E-state index is 14.5. The summed E-state index contributed by atoms with van der Waals surface area (Å²) in [7, 11) is 0. The number of hydrogen-bond acceptors (Lipinski definition) is 6. The maximum atomic E-state index is 14.5. The van der Waals surface area contributed by atoms with Gasteiger partial charge in [0.1, 0.15) is 10.6 Å². The Hall–Kier alpha value is -2.42. The van der Waals surface area contributed by atoms with E-state index in [1.807, 2.05) is 19.1 Å². The third kappa shape index (κ3) is 2.97. The van der Waals surface area contributed by atoms with Crippen LogP contribution in [0.15, 0.2) is 42.0 Å². The van der Waals surface area contributed by atoms with Crippen LogP contribution < -0.4 is 5.32 Å². The highest BCUT2D eigenvalue weighted by Crippen LogP contribution is 2.38. The lowest BCUT2D eigenvalue weighted by Gasteiger charge is -2.25. The van der Waals surface area contributed by atoms with E-state index in [1.54, 1.807) is 17.8 Å². The van der Waals surface area contributed by atoms with Crippen LogP contribution in [0.5, 0.6) is 0 Å². The highest BCUT2D eigenvalue weighted by Gasteiger charge is 2.24. The summed E-state index contributed by atoms with van der Waals surface area (Å²) in [4.78, 5) is 10.5. The molecule has 0 saturated heterocycles. The number of fused-ring (bicyclic) bond motifs is 2. The highest BCUT2D eigenvalue weighted by molar-refractivity contribution is 7.19. The molecule has 142 valence electrons. The summed E-state index contributed by atoms with van der Waals surface area (Å²) >= 11 is 2.94. The van der Waals surface area contributed by atoms with Gasteiger partial charge in [0.15, 0.2) is 0 Å². The number of halogens is 2. The third-order valence-corrected chi connectivity index (χ3v) is 6.87. The number of thiazole rings is 1. The lowest BCUT2D eigenvalue weighted by atomic mass is 10.0. The topological polar surface area (TPSA) is 41.1 Å². The van der Waals surface area contributed by atoms with Crippen LogP contribution in [0.25, 0.3) is 26.0 Å². The van der Waals surface area contributed by atoms with Crippen LogP contribution in [0.4, 0.5) is 20.2 Å². The van der Waals surface area contributed by atoms with Gasteiger partial charge in [-0.2, -0.15) is 0 Å². The van der Waals surface area contributed by atoms with E-state index in [-0.39, 0.29) is 11.9 Å². The minimum atomic E-state index is -0.325. The van der Waals surface area contributed by atoms with Gasteiger partial charge in [0.05, 0.1) is 33.1 Å². The molecule has 3 aromatic heterocycles. The Bertz CT molecular complexity index is 1210. The van der Waals surface area contributed by atoms with Crippen molar-refractivity contribution in [3.63, 3.8) is 0 Å². The summed E-state index contributed by atoms with van der Waals surface area (Å²) in [5.41, 5.74) is 4.57. The number of nitrogens with one attached hydrogen (secondary N) is 1. The molecule has 0 amide bonds. The minimum Gasteiger partial charge on any atom is -0.352 e. The fourth-order valence-corrected chi connectivity index (χ4v) is 5.31. The molecule has 1 aromatic carbocycles. The molecule has 0 saturated carbocycles. The molecule has 0 fully saturated rings. The van der Waals surface area contributed by atoms with Gasteiger partial charge in [0.25, 0.3) is 0 Å². The minimum absolute atomic E-state index is 0.289. The van der Waals surface area contributed by atoms with E-state index < -0.39 is 0 Å². The molecule has 1 N–H and O–H groups in total. The smallest absolute Gasteiger partial charge is 0.148 e. The maximum Gasteiger partial charge on any atom is 0.148 e. The molecule has 5 rings (SSSR count). The first kappa shape index (κ1) is 17.7. The van der Waals surface area contributed by atoms with Crippen molar-refractivity contribution in [1.29, 1.82) is 0 Å². The number of benzene rings is 1. The van der Waals surface area contributed by atoms with Crippen LogP contribution >= 0.6 is 22.7 Å². The second-order valence-electron chi connectivity index (χ2n) is 6.71. The van der Waals surface area contributed by atoms with E-state index in [9.17, 15) is 8.87 Å². The lowest BCUT2D eigenvalue weighted by Crippen LogP contribution is -2.30. The van der Waals surface area contributed by atoms with Crippen LogP contribution in [0.3, 0.4) is 0 Å². The van der Waals surface area contributed by atoms with Crippen LogP contribution in [0.1, 0.15) is 18.2 Å². The van der Waals surface area contributed by atoms with Crippen molar-refractivity contribution in [2.45, 2.75) is 19.4 Å². The average molecular weight is 415 g/mol. The molecule has 0 radical (unpaired) electrons. The Balaban J connectivity index is 1.56. The summed E-state index contributed by atoms with van der Waals surface area (Å²) in [6.45, 7) is 2.28. The standard InChI is InChI=1S/C20H16F2N4S2/c1-11-12(3-2-6-26(11)22)18-7-13-15(4-5-23-20(13)28-18)25-16-9-17-19(8-14(16)21)27-10-24-17/h3-5,7-11H,2,6H2,1H3,(H,23,25). The molecule has 0 aliphatic carbocycles. The van der Waals surface area contributed by atoms with Crippen LogP contribution in [-0.4, -0.2) is 27.7 Å². The summed E-state index contributed by atoms with van der Waals surface area (Å²) in [5.74, 6) is -0.325. The van der Waals surface area contributed by atoms with Gasteiger partial charge in [-0.3, -0.25) is 0 Å². The zero-order chi connectivity index (χ0) is 19.3. The van der Waals surface area contributed by atoms with Crippen molar-refractivity contribution < 1.29 is 8.87 Å². The normalized spacial score (nSPS) is 18.0. The van der Waals surface area contributed by atoms with Crippen molar-refractivity contribution >= 4 is 60.1 Å². The van der Waals surface area contributed by atoms with E-state index in [0.717, 1.165) is 41.7 Å². The molecule has 0 spiro atoms. The van der Waals surface area contributed by atoms with Crippen LogP contribution in [-0.2, 0) is 0 Å². The molecule has 28 heavy (non-hydrogen) atoms. The summed E-state index contributed by atoms with van der Waals surface area (Å²) in [6.07, 6.45) is 4.47. The van der Waals surface area contributed by atoms with E-state index in [4.69, 9.17) is 0 Å². The van der Waals surface area contributed by atoms with E-state index >= 15 is 0 Å². The average Bonchev–Trinajstić information content (AvgIpc) is 3.31. The molecule has 1 aliphatic rings. The Morgan fingerprint density at radius 3 is 3.00 bits per heavy atom. The first-order chi connectivity index (χ1) is 13.6. The highest BCUT2D eigenvalue weighted by atomic mass is 32.1. The second kappa shape index (κ2) is 6.88. The van der Waals surface area contributed by atoms with Gasteiger partial charge in [0, 0.05) is 23.0 Å². The zero-order valence-corrected chi connectivity index (χ0v) is 16.6. The molecule has 1 aliphatic heterocycles. The molecule has 1 unspecified atom stereocenters. The second-order valence-corrected chi connectivity index (χ2v) is 8.63. The fraction of sp³-hybridized carbons (Fsp3) is 0.200. The summed E-state index contributed by atoms with van der Waals surface area (Å²) in [6, 6.07) is 6.76. The van der Waals surface area contributed by atoms with Gasteiger partial charge < -0.3 is 5.32 Å². The number of aromatic nitrogens is 2. The molecule has 8 heteroatoms. The Kier molecular flexibility index (Phi) is 4.34. The zero-order valence-electron chi connectivity index (χ0n) is 14.9. The molecular weight excluding hydrogens is 398 g/mol. The first-order valence-corrected chi connectivity index (χ1v) is 10.6.